The van der Waals surface area contributed by atoms with Crippen molar-refractivity contribution in [2.45, 2.75) is 13.3 Å². The summed E-state index contributed by atoms with van der Waals surface area (Å²) < 4.78 is 13.0. The summed E-state index contributed by atoms with van der Waals surface area (Å²) >= 11 is 0. The first-order valence-corrected chi connectivity index (χ1v) is 4.84. The number of nitrogens with one attached hydrogen (secondary N) is 2. The summed E-state index contributed by atoms with van der Waals surface area (Å²) in [6, 6.07) is 4.43. The molecule has 0 saturated heterocycles. The highest BCUT2D eigenvalue weighted by Crippen LogP contribution is 2.17. The van der Waals surface area contributed by atoms with E-state index >= 15 is 0 Å². The second-order valence-corrected chi connectivity index (χ2v) is 3.34. The number of rotatable bonds is 4. The SMILES string of the molecule is CNCCc1ccc(F)cc1NC(C)=O. The number of hydrogen-bond acceptors (Lipinski definition) is 2. The second-order valence-electron chi connectivity index (χ2n) is 3.34. The summed E-state index contributed by atoms with van der Waals surface area (Å²) in [6.45, 7) is 2.20. The van der Waals surface area contributed by atoms with Crippen LogP contribution in [0.5, 0.6) is 0 Å². The van der Waals surface area contributed by atoms with Crippen molar-refractivity contribution in [2.24, 2.45) is 0 Å². The molecular weight excluding hydrogens is 195 g/mol. The average Bonchev–Trinajstić information content (AvgIpc) is 2.16. The van der Waals surface area contributed by atoms with Gasteiger partial charge in [0.25, 0.3) is 0 Å². The number of carbonyl (C=O) groups excluding carboxylic acids is 1. The van der Waals surface area contributed by atoms with E-state index in [0.29, 0.717) is 5.69 Å². The summed E-state index contributed by atoms with van der Waals surface area (Å²) in [4.78, 5) is 10.9. The first-order chi connectivity index (χ1) is 7.13. The standard InChI is InChI=1S/C11H15FN2O/c1-8(15)14-11-7-10(12)4-3-9(11)5-6-13-2/h3-4,7,13H,5-6H2,1-2H3,(H,14,15). The van der Waals surface area contributed by atoms with Gasteiger partial charge in [-0.2, -0.15) is 0 Å². The van der Waals surface area contributed by atoms with Gasteiger partial charge in [-0.05, 0) is 37.7 Å². The molecule has 0 fully saturated rings. The van der Waals surface area contributed by atoms with Gasteiger partial charge in [0.05, 0.1) is 0 Å². The van der Waals surface area contributed by atoms with Gasteiger partial charge in [-0.1, -0.05) is 6.07 Å². The molecule has 4 heteroatoms. The zero-order chi connectivity index (χ0) is 11.3. The predicted octanol–water partition coefficient (Wildman–Crippen LogP) is 1.55. The minimum atomic E-state index is -0.341. The molecule has 2 N–H and O–H groups in total. The van der Waals surface area contributed by atoms with E-state index in [4.69, 9.17) is 0 Å². The predicted molar refractivity (Wildman–Crippen MR) is 58.3 cm³/mol. The van der Waals surface area contributed by atoms with E-state index < -0.39 is 0 Å². The van der Waals surface area contributed by atoms with Gasteiger partial charge in [0.2, 0.25) is 5.91 Å². The second kappa shape index (κ2) is 5.46. The number of amides is 1. The zero-order valence-electron chi connectivity index (χ0n) is 8.93. The number of benzene rings is 1. The minimum absolute atomic E-state index is 0.189. The fourth-order valence-electron chi connectivity index (χ4n) is 1.33. The van der Waals surface area contributed by atoms with Crippen LogP contribution in [0.25, 0.3) is 0 Å². The Hall–Kier alpha value is -1.42. The zero-order valence-corrected chi connectivity index (χ0v) is 8.93. The van der Waals surface area contributed by atoms with Crippen LogP contribution in [-0.2, 0) is 11.2 Å². The molecule has 0 radical (unpaired) electrons. The van der Waals surface area contributed by atoms with Crippen LogP contribution in [0.15, 0.2) is 18.2 Å². The summed E-state index contributed by atoms with van der Waals surface area (Å²) in [5.74, 6) is -0.529. The molecule has 1 aromatic carbocycles. The van der Waals surface area contributed by atoms with Crippen LogP contribution in [0.1, 0.15) is 12.5 Å². The van der Waals surface area contributed by atoms with Crippen LogP contribution >= 0.6 is 0 Å². The molecule has 0 aromatic heterocycles. The van der Waals surface area contributed by atoms with Gasteiger partial charge >= 0.3 is 0 Å². The molecule has 15 heavy (non-hydrogen) atoms. The molecule has 0 atom stereocenters. The number of anilines is 1. The van der Waals surface area contributed by atoms with Crippen LogP contribution in [0, 0.1) is 5.82 Å². The van der Waals surface area contributed by atoms with Crippen molar-refractivity contribution >= 4 is 11.6 Å². The topological polar surface area (TPSA) is 41.1 Å². The third-order valence-corrected chi connectivity index (χ3v) is 2.03. The monoisotopic (exact) mass is 210 g/mol. The smallest absolute Gasteiger partial charge is 0.221 e. The molecule has 0 heterocycles. The van der Waals surface area contributed by atoms with E-state index in [2.05, 4.69) is 10.6 Å². The Balaban J connectivity index is 2.87. The van der Waals surface area contributed by atoms with Crippen LogP contribution < -0.4 is 10.6 Å². The van der Waals surface area contributed by atoms with E-state index in [9.17, 15) is 9.18 Å². The molecule has 0 aliphatic rings. The lowest BCUT2D eigenvalue weighted by molar-refractivity contribution is -0.114. The Morgan fingerprint density at radius 2 is 2.20 bits per heavy atom. The van der Waals surface area contributed by atoms with E-state index in [0.717, 1.165) is 18.5 Å². The Morgan fingerprint density at radius 1 is 1.47 bits per heavy atom. The molecule has 0 unspecified atom stereocenters. The fourth-order valence-corrected chi connectivity index (χ4v) is 1.33. The molecule has 1 rings (SSSR count). The van der Waals surface area contributed by atoms with E-state index in [1.54, 1.807) is 6.07 Å². The Kier molecular flexibility index (Phi) is 4.24. The maximum absolute atomic E-state index is 13.0. The van der Waals surface area contributed by atoms with Gasteiger partial charge in [-0.15, -0.1) is 0 Å². The van der Waals surface area contributed by atoms with Crippen LogP contribution in [0.3, 0.4) is 0 Å². The van der Waals surface area contributed by atoms with Gasteiger partial charge < -0.3 is 10.6 Å². The lowest BCUT2D eigenvalue weighted by atomic mass is 10.1. The molecule has 0 spiro atoms. The largest absolute Gasteiger partial charge is 0.326 e. The van der Waals surface area contributed by atoms with Gasteiger partial charge in [0, 0.05) is 12.6 Å². The average molecular weight is 210 g/mol. The van der Waals surface area contributed by atoms with E-state index in [-0.39, 0.29) is 11.7 Å². The Labute approximate surface area is 88.7 Å². The lowest BCUT2D eigenvalue weighted by Crippen LogP contribution is -2.13. The molecular formula is C11H15FN2O. The van der Waals surface area contributed by atoms with Crippen LogP contribution in [0.4, 0.5) is 10.1 Å². The molecule has 0 saturated carbocycles. The molecule has 0 aliphatic carbocycles. The molecule has 0 bridgehead atoms. The van der Waals surface area contributed by atoms with Crippen molar-refractivity contribution in [1.82, 2.24) is 5.32 Å². The van der Waals surface area contributed by atoms with E-state index in [1.807, 2.05) is 7.05 Å². The third-order valence-electron chi connectivity index (χ3n) is 2.03. The highest BCUT2D eigenvalue weighted by molar-refractivity contribution is 5.89. The van der Waals surface area contributed by atoms with Crippen LogP contribution in [0.2, 0.25) is 0 Å². The fraction of sp³-hybridized carbons (Fsp3) is 0.364. The van der Waals surface area contributed by atoms with E-state index in [1.165, 1.54) is 19.1 Å². The molecule has 0 aliphatic heterocycles. The van der Waals surface area contributed by atoms with Crippen molar-refractivity contribution in [3.63, 3.8) is 0 Å². The number of carbonyl (C=O) groups is 1. The highest BCUT2D eigenvalue weighted by Gasteiger charge is 2.05. The number of halogens is 1. The summed E-state index contributed by atoms with van der Waals surface area (Å²) in [6.07, 6.45) is 0.756. The van der Waals surface area contributed by atoms with Crippen molar-refractivity contribution in [1.29, 1.82) is 0 Å². The molecule has 82 valence electrons. The van der Waals surface area contributed by atoms with Gasteiger partial charge in [0.1, 0.15) is 5.82 Å². The third kappa shape index (κ3) is 3.67. The van der Waals surface area contributed by atoms with Gasteiger partial charge in [-0.3, -0.25) is 4.79 Å². The van der Waals surface area contributed by atoms with Gasteiger partial charge in [-0.25, -0.2) is 4.39 Å². The maximum Gasteiger partial charge on any atom is 0.221 e. The Bertz CT molecular complexity index is 352. The lowest BCUT2D eigenvalue weighted by Gasteiger charge is -2.09. The first-order valence-electron chi connectivity index (χ1n) is 4.84. The van der Waals surface area contributed by atoms with Crippen LogP contribution in [-0.4, -0.2) is 19.5 Å². The normalized spacial score (nSPS) is 10.1. The Morgan fingerprint density at radius 3 is 2.80 bits per heavy atom. The van der Waals surface area contributed by atoms with Gasteiger partial charge in [0.15, 0.2) is 0 Å². The maximum atomic E-state index is 13.0. The summed E-state index contributed by atoms with van der Waals surface area (Å²) in [5.41, 5.74) is 1.48. The quantitative estimate of drug-likeness (QED) is 0.791. The molecule has 3 nitrogen and oxygen atoms in total. The molecule has 1 amide bonds. The molecule has 1 aromatic rings. The highest BCUT2D eigenvalue weighted by atomic mass is 19.1. The van der Waals surface area contributed by atoms with Crippen molar-refractivity contribution in [2.75, 3.05) is 18.9 Å². The van der Waals surface area contributed by atoms with Crippen molar-refractivity contribution in [3.05, 3.63) is 29.6 Å². The summed E-state index contributed by atoms with van der Waals surface area (Å²) in [7, 11) is 1.85. The first kappa shape index (κ1) is 11.7. The number of likely N-dealkylation sites (N-methyl/N-ethyl adjacent to an activating group) is 1. The number of hydrogen-bond donors (Lipinski definition) is 2. The summed E-state index contributed by atoms with van der Waals surface area (Å²) in [5, 5.41) is 5.62. The van der Waals surface area contributed by atoms with Crippen molar-refractivity contribution < 1.29 is 9.18 Å². The van der Waals surface area contributed by atoms with Crippen molar-refractivity contribution in [3.8, 4) is 0 Å². The minimum Gasteiger partial charge on any atom is -0.326 e.